The van der Waals surface area contributed by atoms with Crippen LogP contribution in [-0.2, 0) is 11.8 Å². The summed E-state index contributed by atoms with van der Waals surface area (Å²) < 4.78 is 6.29. The Morgan fingerprint density at radius 1 is 1.53 bits per heavy atom. The lowest BCUT2D eigenvalue weighted by molar-refractivity contribution is 0.0601. The van der Waals surface area contributed by atoms with E-state index >= 15 is 0 Å². The second-order valence-corrected chi connectivity index (χ2v) is 3.50. The SMILES string of the molecule is COC(=O)c1ccc2c(c1)c(Cl)nn2C. The minimum Gasteiger partial charge on any atom is -0.465 e. The quantitative estimate of drug-likeness (QED) is 0.696. The molecule has 0 aliphatic rings. The van der Waals surface area contributed by atoms with Crippen LogP contribution in [0.1, 0.15) is 10.4 Å². The molecule has 78 valence electrons. The van der Waals surface area contributed by atoms with Crippen molar-refractivity contribution in [1.82, 2.24) is 9.78 Å². The van der Waals surface area contributed by atoms with Crippen molar-refractivity contribution in [3.63, 3.8) is 0 Å². The van der Waals surface area contributed by atoms with Gasteiger partial charge in [0.2, 0.25) is 0 Å². The maximum Gasteiger partial charge on any atom is 0.337 e. The third kappa shape index (κ3) is 1.57. The molecule has 2 aromatic rings. The molecule has 0 amide bonds. The first kappa shape index (κ1) is 9.98. The topological polar surface area (TPSA) is 44.1 Å². The Bertz CT molecular complexity index is 533. The third-order valence-electron chi connectivity index (χ3n) is 2.23. The van der Waals surface area contributed by atoms with Crippen LogP contribution in [0, 0.1) is 0 Å². The fourth-order valence-corrected chi connectivity index (χ4v) is 1.73. The molecule has 0 aliphatic carbocycles. The number of benzene rings is 1. The van der Waals surface area contributed by atoms with E-state index in [4.69, 9.17) is 11.6 Å². The summed E-state index contributed by atoms with van der Waals surface area (Å²) in [6.07, 6.45) is 0. The molecule has 0 saturated carbocycles. The van der Waals surface area contributed by atoms with Crippen molar-refractivity contribution in [2.24, 2.45) is 7.05 Å². The molecule has 0 spiro atoms. The zero-order valence-electron chi connectivity index (χ0n) is 8.32. The molecule has 0 N–H and O–H groups in total. The number of carbonyl (C=O) groups is 1. The number of aromatic nitrogens is 2. The minimum absolute atomic E-state index is 0.378. The van der Waals surface area contributed by atoms with Crippen molar-refractivity contribution in [2.75, 3.05) is 7.11 Å². The summed E-state index contributed by atoms with van der Waals surface area (Å²) in [6, 6.07) is 5.16. The van der Waals surface area contributed by atoms with Crippen LogP contribution in [0.15, 0.2) is 18.2 Å². The number of fused-ring (bicyclic) bond motifs is 1. The highest BCUT2D eigenvalue weighted by molar-refractivity contribution is 6.34. The van der Waals surface area contributed by atoms with Crippen LogP contribution in [0.2, 0.25) is 5.15 Å². The van der Waals surface area contributed by atoms with Gasteiger partial charge < -0.3 is 4.74 Å². The summed E-state index contributed by atoms with van der Waals surface area (Å²) in [5, 5.41) is 5.19. The molecule has 15 heavy (non-hydrogen) atoms. The average molecular weight is 225 g/mol. The molecule has 0 unspecified atom stereocenters. The molecule has 0 saturated heterocycles. The normalized spacial score (nSPS) is 10.6. The van der Waals surface area contributed by atoms with Gasteiger partial charge in [0.1, 0.15) is 0 Å². The molecule has 1 aromatic carbocycles. The molecule has 2 rings (SSSR count). The standard InChI is InChI=1S/C10H9ClN2O2/c1-13-8-4-3-6(10(14)15-2)5-7(8)9(11)12-13/h3-5H,1-2H3. The van der Waals surface area contributed by atoms with Gasteiger partial charge in [0.15, 0.2) is 5.15 Å². The molecule has 4 nitrogen and oxygen atoms in total. The van der Waals surface area contributed by atoms with Crippen molar-refractivity contribution >= 4 is 28.5 Å². The van der Waals surface area contributed by atoms with Crippen LogP contribution in [0.3, 0.4) is 0 Å². The molecule has 5 heteroatoms. The molecule has 0 fully saturated rings. The van der Waals surface area contributed by atoms with E-state index in [1.54, 1.807) is 29.9 Å². The van der Waals surface area contributed by atoms with Gasteiger partial charge in [-0.1, -0.05) is 11.6 Å². The second kappa shape index (κ2) is 3.55. The Morgan fingerprint density at radius 3 is 2.93 bits per heavy atom. The van der Waals surface area contributed by atoms with E-state index in [1.807, 2.05) is 0 Å². The van der Waals surface area contributed by atoms with Crippen molar-refractivity contribution in [3.05, 3.63) is 28.9 Å². The first-order chi connectivity index (χ1) is 7.13. The van der Waals surface area contributed by atoms with Crippen molar-refractivity contribution < 1.29 is 9.53 Å². The maximum absolute atomic E-state index is 11.3. The van der Waals surface area contributed by atoms with Gasteiger partial charge in [0, 0.05) is 12.4 Å². The Hall–Kier alpha value is -1.55. The van der Waals surface area contributed by atoms with Gasteiger partial charge in [-0.15, -0.1) is 0 Å². The molecule has 1 heterocycles. The highest BCUT2D eigenvalue weighted by Crippen LogP contribution is 2.23. The van der Waals surface area contributed by atoms with Gasteiger partial charge in [-0.05, 0) is 18.2 Å². The van der Waals surface area contributed by atoms with E-state index in [9.17, 15) is 4.79 Å². The third-order valence-corrected chi connectivity index (χ3v) is 2.51. The van der Waals surface area contributed by atoms with E-state index in [1.165, 1.54) is 7.11 Å². The number of aryl methyl sites for hydroxylation is 1. The van der Waals surface area contributed by atoms with E-state index in [-0.39, 0.29) is 5.97 Å². The summed E-state index contributed by atoms with van der Waals surface area (Å²) in [5.41, 5.74) is 1.35. The second-order valence-electron chi connectivity index (χ2n) is 3.14. The van der Waals surface area contributed by atoms with Crippen LogP contribution >= 0.6 is 11.6 Å². The zero-order chi connectivity index (χ0) is 11.0. The predicted octanol–water partition coefficient (Wildman–Crippen LogP) is 2.01. The molecule has 0 bridgehead atoms. The smallest absolute Gasteiger partial charge is 0.337 e. The van der Waals surface area contributed by atoms with Crippen molar-refractivity contribution in [3.8, 4) is 0 Å². The number of hydrogen-bond donors (Lipinski definition) is 0. The van der Waals surface area contributed by atoms with Gasteiger partial charge in [-0.25, -0.2) is 4.79 Å². The average Bonchev–Trinajstić information content (AvgIpc) is 2.53. The Morgan fingerprint density at radius 2 is 2.27 bits per heavy atom. The number of rotatable bonds is 1. The fourth-order valence-electron chi connectivity index (χ4n) is 1.47. The first-order valence-electron chi connectivity index (χ1n) is 4.34. The van der Waals surface area contributed by atoms with Crippen molar-refractivity contribution in [2.45, 2.75) is 0 Å². The molecular formula is C10H9ClN2O2. The van der Waals surface area contributed by atoms with Crippen LogP contribution in [0.4, 0.5) is 0 Å². The maximum atomic E-state index is 11.3. The summed E-state index contributed by atoms with van der Waals surface area (Å²) in [4.78, 5) is 11.3. The summed E-state index contributed by atoms with van der Waals surface area (Å²) in [5.74, 6) is -0.378. The monoisotopic (exact) mass is 224 g/mol. The molecule has 0 aliphatic heterocycles. The number of nitrogens with zero attached hydrogens (tertiary/aromatic N) is 2. The van der Waals surface area contributed by atoms with Gasteiger partial charge in [0.05, 0.1) is 18.2 Å². The summed E-state index contributed by atoms with van der Waals surface area (Å²) in [7, 11) is 3.14. The molecular weight excluding hydrogens is 216 g/mol. The lowest BCUT2D eigenvalue weighted by Gasteiger charge is -1.99. The number of methoxy groups -OCH3 is 1. The molecule has 0 atom stereocenters. The van der Waals surface area contributed by atoms with Crippen LogP contribution < -0.4 is 0 Å². The number of hydrogen-bond acceptors (Lipinski definition) is 3. The Labute approximate surface area is 91.4 Å². The van der Waals surface area contributed by atoms with Gasteiger partial charge in [0.25, 0.3) is 0 Å². The van der Waals surface area contributed by atoms with Crippen LogP contribution in [0.25, 0.3) is 10.9 Å². The molecule has 0 radical (unpaired) electrons. The van der Waals surface area contributed by atoms with Crippen molar-refractivity contribution in [1.29, 1.82) is 0 Å². The number of halogens is 1. The zero-order valence-corrected chi connectivity index (χ0v) is 9.08. The van der Waals surface area contributed by atoms with Crippen LogP contribution in [-0.4, -0.2) is 22.9 Å². The lowest BCUT2D eigenvalue weighted by atomic mass is 10.1. The van der Waals surface area contributed by atoms with E-state index in [2.05, 4.69) is 9.84 Å². The highest BCUT2D eigenvalue weighted by Gasteiger charge is 2.10. The summed E-state index contributed by atoms with van der Waals surface area (Å²) >= 11 is 5.91. The predicted molar refractivity (Wildman–Crippen MR) is 57.1 cm³/mol. The highest BCUT2D eigenvalue weighted by atomic mass is 35.5. The van der Waals surface area contributed by atoms with E-state index in [0.717, 1.165) is 10.9 Å². The fraction of sp³-hybridized carbons (Fsp3) is 0.200. The van der Waals surface area contributed by atoms with E-state index in [0.29, 0.717) is 10.7 Å². The summed E-state index contributed by atoms with van der Waals surface area (Å²) in [6.45, 7) is 0. The largest absolute Gasteiger partial charge is 0.465 e. The van der Waals surface area contributed by atoms with Gasteiger partial charge in [-0.2, -0.15) is 5.10 Å². The van der Waals surface area contributed by atoms with Gasteiger partial charge >= 0.3 is 5.97 Å². The van der Waals surface area contributed by atoms with Crippen LogP contribution in [0.5, 0.6) is 0 Å². The van der Waals surface area contributed by atoms with E-state index < -0.39 is 0 Å². The Kier molecular flexibility index (Phi) is 2.36. The molecule has 1 aromatic heterocycles. The Balaban J connectivity index is 2.65. The number of carbonyl (C=O) groups excluding carboxylic acids is 1. The van der Waals surface area contributed by atoms with Gasteiger partial charge in [-0.3, -0.25) is 4.68 Å². The number of ether oxygens (including phenoxy) is 1. The minimum atomic E-state index is -0.378. The number of esters is 1. The lowest BCUT2D eigenvalue weighted by Crippen LogP contribution is -2.00. The first-order valence-corrected chi connectivity index (χ1v) is 4.72.